The van der Waals surface area contributed by atoms with Crippen molar-refractivity contribution in [1.29, 1.82) is 0 Å². The van der Waals surface area contributed by atoms with E-state index in [0.29, 0.717) is 0 Å². The Hall–Kier alpha value is -0.380. The number of methoxy groups -OCH3 is 1. The van der Waals surface area contributed by atoms with Crippen LogP contribution in [-0.2, 0) is 11.3 Å². The van der Waals surface area contributed by atoms with Crippen molar-refractivity contribution in [2.24, 2.45) is 4.99 Å². The number of aliphatic imine (C=N–C) groups is 1. The van der Waals surface area contributed by atoms with Gasteiger partial charge in [0.1, 0.15) is 0 Å². The van der Waals surface area contributed by atoms with Crippen LogP contribution in [0.5, 0.6) is 0 Å². The summed E-state index contributed by atoms with van der Waals surface area (Å²) in [7, 11) is 3.82. The first-order chi connectivity index (χ1) is 9.76. The van der Waals surface area contributed by atoms with Crippen LogP contribution in [0.1, 0.15) is 11.8 Å². The van der Waals surface area contributed by atoms with E-state index < -0.39 is 0 Å². The Kier molecular flexibility index (Phi) is 13.1. The van der Waals surface area contributed by atoms with Crippen molar-refractivity contribution in [3.8, 4) is 0 Å². The molecule has 2 N–H and O–H groups in total. The molecule has 1 aromatic rings. The van der Waals surface area contributed by atoms with E-state index in [1.807, 2.05) is 0 Å². The number of nitrogens with zero attached hydrogens (tertiary/aromatic N) is 2. The van der Waals surface area contributed by atoms with E-state index >= 15 is 0 Å². The molecule has 0 aliphatic rings. The van der Waals surface area contributed by atoms with Crippen LogP contribution < -0.4 is 10.6 Å². The van der Waals surface area contributed by atoms with Crippen LogP contribution in [0.3, 0.4) is 0 Å². The topological polar surface area (TPSA) is 48.9 Å². The SMILES string of the molecule is CCNC(=NCc1cccs1)NCCN(C)CCOC.I. The van der Waals surface area contributed by atoms with Crippen LogP contribution in [-0.4, -0.2) is 57.8 Å². The summed E-state index contributed by atoms with van der Waals surface area (Å²) in [4.78, 5) is 8.09. The minimum absolute atomic E-state index is 0. The number of guanidine groups is 1. The van der Waals surface area contributed by atoms with Crippen molar-refractivity contribution >= 4 is 41.3 Å². The van der Waals surface area contributed by atoms with Crippen molar-refractivity contribution in [3.63, 3.8) is 0 Å². The lowest BCUT2D eigenvalue weighted by Crippen LogP contribution is -2.41. The number of halogens is 1. The van der Waals surface area contributed by atoms with Crippen molar-refractivity contribution < 1.29 is 4.74 Å². The highest BCUT2D eigenvalue weighted by molar-refractivity contribution is 14.0. The lowest BCUT2D eigenvalue weighted by molar-refractivity contribution is 0.162. The summed E-state index contributed by atoms with van der Waals surface area (Å²) in [6.45, 7) is 7.22. The van der Waals surface area contributed by atoms with Gasteiger partial charge in [-0.2, -0.15) is 0 Å². The molecule has 0 saturated heterocycles. The molecule has 0 aliphatic heterocycles. The van der Waals surface area contributed by atoms with Crippen LogP contribution in [0.2, 0.25) is 0 Å². The molecule has 0 fully saturated rings. The highest BCUT2D eigenvalue weighted by Crippen LogP contribution is 2.09. The van der Waals surface area contributed by atoms with E-state index in [4.69, 9.17) is 4.74 Å². The number of hydrogen-bond acceptors (Lipinski definition) is 4. The van der Waals surface area contributed by atoms with Gasteiger partial charge in [0.15, 0.2) is 5.96 Å². The van der Waals surface area contributed by atoms with E-state index in [1.54, 1.807) is 18.4 Å². The fourth-order valence-electron chi connectivity index (χ4n) is 1.63. The number of likely N-dealkylation sites (N-methyl/N-ethyl adjacent to an activating group) is 1. The minimum Gasteiger partial charge on any atom is -0.383 e. The summed E-state index contributed by atoms with van der Waals surface area (Å²) in [6.07, 6.45) is 0. The van der Waals surface area contributed by atoms with Gasteiger partial charge in [0.25, 0.3) is 0 Å². The first kappa shape index (κ1) is 20.6. The maximum Gasteiger partial charge on any atom is 0.191 e. The Morgan fingerprint density at radius 1 is 1.38 bits per heavy atom. The molecule has 0 aliphatic carbocycles. The molecule has 7 heteroatoms. The van der Waals surface area contributed by atoms with Crippen molar-refractivity contribution in [2.75, 3.05) is 46.9 Å². The second kappa shape index (κ2) is 13.3. The Balaban J connectivity index is 0.00000400. The standard InChI is InChI=1S/C14H26N4OS.HI/c1-4-15-14(17-12-13-6-5-11-20-13)16-7-8-18(2)9-10-19-3;/h5-6,11H,4,7-10,12H2,1-3H3,(H2,15,16,17);1H. The quantitative estimate of drug-likeness (QED) is 0.360. The van der Waals surface area contributed by atoms with E-state index in [0.717, 1.165) is 45.3 Å². The van der Waals surface area contributed by atoms with Crippen LogP contribution in [0.4, 0.5) is 0 Å². The number of nitrogens with one attached hydrogen (secondary N) is 2. The van der Waals surface area contributed by atoms with Crippen molar-refractivity contribution in [2.45, 2.75) is 13.5 Å². The van der Waals surface area contributed by atoms with Gasteiger partial charge in [-0.1, -0.05) is 6.07 Å². The largest absolute Gasteiger partial charge is 0.383 e. The molecule has 21 heavy (non-hydrogen) atoms. The Labute approximate surface area is 149 Å². The first-order valence-electron chi connectivity index (χ1n) is 6.98. The number of hydrogen-bond donors (Lipinski definition) is 2. The molecule has 0 radical (unpaired) electrons. The second-order valence-corrected chi connectivity index (χ2v) is 5.53. The van der Waals surface area contributed by atoms with Crippen molar-refractivity contribution in [1.82, 2.24) is 15.5 Å². The van der Waals surface area contributed by atoms with Gasteiger partial charge in [-0.05, 0) is 25.4 Å². The third-order valence-corrected chi connectivity index (χ3v) is 3.64. The summed E-state index contributed by atoms with van der Waals surface area (Å²) in [6, 6.07) is 4.16. The van der Waals surface area contributed by atoms with Crippen LogP contribution >= 0.6 is 35.3 Å². The normalized spacial score (nSPS) is 11.3. The van der Waals surface area contributed by atoms with Crippen LogP contribution in [0, 0.1) is 0 Å². The summed E-state index contributed by atoms with van der Waals surface area (Å²) in [5, 5.41) is 8.69. The van der Waals surface area contributed by atoms with Crippen molar-refractivity contribution in [3.05, 3.63) is 22.4 Å². The smallest absolute Gasteiger partial charge is 0.191 e. The van der Waals surface area contributed by atoms with Crippen LogP contribution in [0.15, 0.2) is 22.5 Å². The summed E-state index contributed by atoms with van der Waals surface area (Å²) < 4.78 is 5.06. The molecule has 0 amide bonds. The fourth-order valence-corrected chi connectivity index (χ4v) is 2.25. The predicted molar refractivity (Wildman–Crippen MR) is 102 cm³/mol. The van der Waals surface area contributed by atoms with Gasteiger partial charge in [-0.25, -0.2) is 4.99 Å². The minimum atomic E-state index is 0. The highest BCUT2D eigenvalue weighted by Gasteiger charge is 2.00. The molecule has 1 heterocycles. The molecular formula is C14H27IN4OS. The van der Waals surface area contributed by atoms with Gasteiger partial charge in [-0.15, -0.1) is 35.3 Å². The molecule has 0 saturated carbocycles. The zero-order chi connectivity index (χ0) is 14.6. The van der Waals surface area contributed by atoms with E-state index in [9.17, 15) is 0 Å². The fraction of sp³-hybridized carbons (Fsp3) is 0.643. The third kappa shape index (κ3) is 10.0. The number of thiophene rings is 1. The molecule has 0 unspecified atom stereocenters. The maximum absolute atomic E-state index is 5.06. The average molecular weight is 426 g/mol. The summed E-state index contributed by atoms with van der Waals surface area (Å²) >= 11 is 1.74. The lowest BCUT2D eigenvalue weighted by Gasteiger charge is -2.17. The Morgan fingerprint density at radius 2 is 2.19 bits per heavy atom. The predicted octanol–water partition coefficient (Wildman–Crippen LogP) is 2.00. The maximum atomic E-state index is 5.06. The second-order valence-electron chi connectivity index (χ2n) is 4.50. The third-order valence-electron chi connectivity index (χ3n) is 2.78. The van der Waals surface area contributed by atoms with Crippen LogP contribution in [0.25, 0.3) is 0 Å². The molecule has 5 nitrogen and oxygen atoms in total. The monoisotopic (exact) mass is 426 g/mol. The molecule has 122 valence electrons. The first-order valence-corrected chi connectivity index (χ1v) is 7.86. The Bertz CT molecular complexity index is 373. The summed E-state index contributed by atoms with van der Waals surface area (Å²) in [5.74, 6) is 0.876. The zero-order valence-corrected chi connectivity index (χ0v) is 16.2. The molecule has 1 aromatic heterocycles. The molecule has 1 rings (SSSR count). The zero-order valence-electron chi connectivity index (χ0n) is 13.1. The van der Waals surface area contributed by atoms with Gasteiger partial charge in [0, 0.05) is 38.2 Å². The van der Waals surface area contributed by atoms with Gasteiger partial charge in [-0.3, -0.25) is 0 Å². The Morgan fingerprint density at radius 3 is 2.81 bits per heavy atom. The molecule has 0 bridgehead atoms. The number of rotatable bonds is 9. The lowest BCUT2D eigenvalue weighted by atomic mass is 10.5. The number of ether oxygens (including phenoxy) is 1. The van der Waals surface area contributed by atoms with E-state index in [2.05, 4.69) is 52.0 Å². The average Bonchev–Trinajstić information content (AvgIpc) is 2.95. The molecular weight excluding hydrogens is 399 g/mol. The van der Waals surface area contributed by atoms with E-state index in [-0.39, 0.29) is 24.0 Å². The van der Waals surface area contributed by atoms with Gasteiger partial charge >= 0.3 is 0 Å². The van der Waals surface area contributed by atoms with Gasteiger partial charge in [0.2, 0.25) is 0 Å². The molecule has 0 atom stereocenters. The summed E-state index contributed by atoms with van der Waals surface area (Å²) in [5.41, 5.74) is 0. The van der Waals surface area contributed by atoms with Gasteiger partial charge < -0.3 is 20.3 Å². The van der Waals surface area contributed by atoms with E-state index in [1.165, 1.54) is 4.88 Å². The van der Waals surface area contributed by atoms with Gasteiger partial charge in [0.05, 0.1) is 13.2 Å². The molecule has 0 spiro atoms. The highest BCUT2D eigenvalue weighted by atomic mass is 127. The molecule has 0 aromatic carbocycles.